The molecule has 1 N–H and O–H groups in total. The van der Waals surface area contributed by atoms with Crippen molar-refractivity contribution < 1.29 is 9.90 Å². The Labute approximate surface area is 123 Å². The summed E-state index contributed by atoms with van der Waals surface area (Å²) in [6, 6.07) is 3.90. The normalized spacial score (nSPS) is 17.6. The molecule has 1 aliphatic rings. The minimum absolute atomic E-state index is 0.0235. The number of nitrogens with zero attached hydrogens (tertiary/aromatic N) is 4. The molecule has 0 fully saturated rings. The summed E-state index contributed by atoms with van der Waals surface area (Å²) in [4.78, 5) is 12.0. The van der Waals surface area contributed by atoms with Crippen LogP contribution >= 0.6 is 23.1 Å². The summed E-state index contributed by atoms with van der Waals surface area (Å²) in [5.74, 6) is -0.0502. The molecule has 0 aliphatic carbocycles. The summed E-state index contributed by atoms with van der Waals surface area (Å²) in [6.07, 6.45) is 0.758. The highest BCUT2D eigenvalue weighted by molar-refractivity contribution is 8.00. The first-order chi connectivity index (χ1) is 9.69. The van der Waals surface area contributed by atoms with Gasteiger partial charge < -0.3 is 5.11 Å². The van der Waals surface area contributed by atoms with E-state index in [4.69, 9.17) is 5.11 Å². The highest BCUT2D eigenvalue weighted by Crippen LogP contribution is 2.33. The average molecular weight is 308 g/mol. The summed E-state index contributed by atoms with van der Waals surface area (Å²) in [5, 5.41) is 24.2. The second-order valence-electron chi connectivity index (χ2n) is 4.23. The summed E-state index contributed by atoms with van der Waals surface area (Å²) in [5.41, 5.74) is 0.786. The van der Waals surface area contributed by atoms with Gasteiger partial charge in [0, 0.05) is 6.42 Å². The molecular formula is C12H12N4O2S2. The van der Waals surface area contributed by atoms with E-state index in [0.717, 1.165) is 22.8 Å². The molecule has 0 saturated heterocycles. The molecule has 2 aromatic heterocycles. The summed E-state index contributed by atoms with van der Waals surface area (Å²) >= 11 is 2.97. The van der Waals surface area contributed by atoms with Gasteiger partial charge in [0.05, 0.1) is 22.3 Å². The highest BCUT2D eigenvalue weighted by atomic mass is 32.2. The predicted octanol–water partition coefficient (Wildman–Crippen LogP) is 2.10. The molecule has 0 amide bonds. The van der Waals surface area contributed by atoms with Crippen molar-refractivity contribution in [2.75, 3.05) is 0 Å². The lowest BCUT2D eigenvalue weighted by atomic mass is 10.1. The number of rotatable bonds is 4. The summed E-state index contributed by atoms with van der Waals surface area (Å²) in [7, 11) is 0. The monoisotopic (exact) mass is 308 g/mol. The van der Waals surface area contributed by atoms with Crippen molar-refractivity contribution in [2.24, 2.45) is 5.10 Å². The van der Waals surface area contributed by atoms with Crippen molar-refractivity contribution in [1.82, 2.24) is 14.9 Å². The van der Waals surface area contributed by atoms with Crippen LogP contribution in [0.5, 0.6) is 0 Å². The number of thioether (sulfide) groups is 1. The minimum atomic E-state index is -0.838. The Morgan fingerprint density at radius 3 is 3.00 bits per heavy atom. The molecule has 0 spiro atoms. The van der Waals surface area contributed by atoms with Crippen LogP contribution in [0.15, 0.2) is 27.8 Å². The number of aryl methyl sites for hydroxylation is 1. The molecule has 0 aromatic carbocycles. The highest BCUT2D eigenvalue weighted by Gasteiger charge is 2.30. The predicted molar refractivity (Wildman–Crippen MR) is 77.6 cm³/mol. The third kappa shape index (κ3) is 2.36. The van der Waals surface area contributed by atoms with E-state index in [9.17, 15) is 4.79 Å². The Kier molecular flexibility index (Phi) is 3.58. The number of carboxylic acids is 1. The van der Waals surface area contributed by atoms with Crippen molar-refractivity contribution in [1.29, 1.82) is 0 Å². The zero-order valence-corrected chi connectivity index (χ0v) is 12.3. The van der Waals surface area contributed by atoms with Crippen LogP contribution in [0.1, 0.15) is 24.0 Å². The lowest BCUT2D eigenvalue weighted by Crippen LogP contribution is -2.26. The molecule has 104 valence electrons. The second kappa shape index (κ2) is 5.37. The molecule has 2 aromatic rings. The molecule has 3 rings (SSSR count). The fourth-order valence-corrected chi connectivity index (χ4v) is 3.91. The third-order valence-electron chi connectivity index (χ3n) is 2.89. The van der Waals surface area contributed by atoms with Crippen molar-refractivity contribution in [2.45, 2.75) is 30.2 Å². The second-order valence-corrected chi connectivity index (χ2v) is 6.35. The Morgan fingerprint density at radius 2 is 2.35 bits per heavy atom. The molecule has 0 unspecified atom stereocenters. The summed E-state index contributed by atoms with van der Waals surface area (Å²) in [6.45, 7) is 1.99. The molecule has 8 heteroatoms. The van der Waals surface area contributed by atoms with E-state index in [2.05, 4.69) is 15.3 Å². The zero-order chi connectivity index (χ0) is 14.1. The number of carboxylic acid groups (broad SMARTS) is 1. The Balaban J connectivity index is 2.06. The van der Waals surface area contributed by atoms with Crippen LogP contribution in [-0.4, -0.2) is 36.9 Å². The van der Waals surface area contributed by atoms with Gasteiger partial charge in [-0.15, -0.1) is 21.5 Å². The standard InChI is InChI=1S/C12H12N4O2S2/c1-2-9-13-14-12-16(9)15-11(7-4-3-5-19-7)8(20-12)6-10(17)18/h3-5,8H,2,6H2,1H3,(H,17,18)/t8-/m1/s1. The molecule has 0 radical (unpaired) electrons. The van der Waals surface area contributed by atoms with Crippen molar-refractivity contribution in [3.63, 3.8) is 0 Å². The Hall–Kier alpha value is -1.67. The first-order valence-corrected chi connectivity index (χ1v) is 7.90. The molecule has 1 atom stereocenters. The van der Waals surface area contributed by atoms with Gasteiger partial charge in [-0.2, -0.15) is 9.78 Å². The van der Waals surface area contributed by atoms with E-state index >= 15 is 0 Å². The molecule has 6 nitrogen and oxygen atoms in total. The van der Waals surface area contributed by atoms with Crippen molar-refractivity contribution in [3.8, 4) is 0 Å². The van der Waals surface area contributed by atoms with Gasteiger partial charge in [0.2, 0.25) is 5.16 Å². The zero-order valence-electron chi connectivity index (χ0n) is 10.7. The lowest BCUT2D eigenvalue weighted by molar-refractivity contribution is -0.136. The Bertz CT molecular complexity index is 663. The van der Waals surface area contributed by atoms with Gasteiger partial charge in [0.1, 0.15) is 0 Å². The van der Waals surface area contributed by atoms with Crippen LogP contribution in [0, 0.1) is 0 Å². The van der Waals surface area contributed by atoms with Gasteiger partial charge in [0.15, 0.2) is 5.82 Å². The number of hydrogen-bond acceptors (Lipinski definition) is 6. The number of thiophene rings is 1. The van der Waals surface area contributed by atoms with Gasteiger partial charge in [-0.25, -0.2) is 0 Å². The van der Waals surface area contributed by atoms with Crippen molar-refractivity contribution in [3.05, 3.63) is 28.2 Å². The van der Waals surface area contributed by atoms with Gasteiger partial charge in [-0.05, 0) is 11.4 Å². The molecule has 20 heavy (non-hydrogen) atoms. The number of hydrogen-bond donors (Lipinski definition) is 1. The summed E-state index contributed by atoms with van der Waals surface area (Å²) < 4.78 is 1.72. The van der Waals surface area contributed by atoms with Gasteiger partial charge in [-0.3, -0.25) is 4.79 Å². The number of aliphatic carboxylic acids is 1. The minimum Gasteiger partial charge on any atom is -0.481 e. The van der Waals surface area contributed by atoms with Gasteiger partial charge >= 0.3 is 5.97 Å². The number of aromatic nitrogens is 3. The first kappa shape index (κ1) is 13.3. The number of carbonyl (C=O) groups is 1. The molecule has 1 aliphatic heterocycles. The van der Waals surface area contributed by atoms with Gasteiger partial charge in [0.25, 0.3) is 0 Å². The fourth-order valence-electron chi connectivity index (χ4n) is 1.97. The topological polar surface area (TPSA) is 80.4 Å². The van der Waals surface area contributed by atoms with Crippen LogP contribution in [0.25, 0.3) is 0 Å². The molecule has 0 bridgehead atoms. The van der Waals surface area contributed by atoms with E-state index in [1.807, 2.05) is 24.4 Å². The third-order valence-corrected chi connectivity index (χ3v) is 4.92. The fraction of sp³-hybridized carbons (Fsp3) is 0.333. The van der Waals surface area contributed by atoms with Crippen molar-refractivity contribution >= 4 is 34.8 Å². The smallest absolute Gasteiger partial charge is 0.304 e. The van der Waals surface area contributed by atoms with Crippen LogP contribution in [0.2, 0.25) is 0 Å². The van der Waals surface area contributed by atoms with E-state index in [-0.39, 0.29) is 11.7 Å². The maximum atomic E-state index is 11.0. The molecule has 0 saturated carbocycles. The van der Waals surface area contributed by atoms with Crippen LogP contribution in [-0.2, 0) is 11.2 Å². The largest absolute Gasteiger partial charge is 0.481 e. The van der Waals surface area contributed by atoms with Crippen LogP contribution < -0.4 is 0 Å². The van der Waals surface area contributed by atoms with E-state index < -0.39 is 5.97 Å². The van der Waals surface area contributed by atoms with E-state index in [1.165, 1.54) is 11.8 Å². The average Bonchev–Trinajstić information content (AvgIpc) is 3.05. The van der Waals surface area contributed by atoms with Gasteiger partial charge in [-0.1, -0.05) is 24.8 Å². The molecular weight excluding hydrogens is 296 g/mol. The quantitative estimate of drug-likeness (QED) is 0.935. The number of fused-ring (bicyclic) bond motifs is 1. The maximum absolute atomic E-state index is 11.0. The lowest BCUT2D eigenvalue weighted by Gasteiger charge is -2.20. The maximum Gasteiger partial charge on any atom is 0.304 e. The first-order valence-electron chi connectivity index (χ1n) is 6.14. The van der Waals surface area contributed by atoms with E-state index in [0.29, 0.717) is 5.16 Å². The molecule has 3 heterocycles. The Morgan fingerprint density at radius 1 is 1.50 bits per heavy atom. The van der Waals surface area contributed by atoms with Crippen LogP contribution in [0.3, 0.4) is 0 Å². The van der Waals surface area contributed by atoms with E-state index in [1.54, 1.807) is 16.0 Å². The SMILES string of the molecule is CCc1nnc2n1N=C(c1cccs1)[C@@H](CC(=O)O)S2. The van der Waals surface area contributed by atoms with Crippen LogP contribution in [0.4, 0.5) is 0 Å².